The number of nitrogens with zero attached hydrogens (tertiary/aromatic N) is 4. The predicted octanol–water partition coefficient (Wildman–Crippen LogP) is 1.21. The smallest absolute Gasteiger partial charge is 0.337 e. The molecule has 1 aromatic heterocycles. The number of halogens is 1. The highest BCUT2D eigenvalue weighted by molar-refractivity contribution is 6.30. The molecule has 1 fully saturated rings. The van der Waals surface area contributed by atoms with Gasteiger partial charge in [0.25, 0.3) is 11.5 Å². The molecule has 0 saturated carbocycles. The van der Waals surface area contributed by atoms with Gasteiger partial charge < -0.3 is 4.90 Å². The van der Waals surface area contributed by atoms with E-state index in [4.69, 9.17) is 11.6 Å². The highest BCUT2D eigenvalue weighted by Gasteiger charge is 2.24. The number of carbonyl (C=O) groups excluding carboxylic acids is 1. The lowest BCUT2D eigenvalue weighted by atomic mass is 10.1. The van der Waals surface area contributed by atoms with Crippen LogP contribution in [0.5, 0.6) is 0 Å². The fraction of sp³-hybridized carbons (Fsp3) is 0.375. The molecule has 0 N–H and O–H groups in total. The second kappa shape index (κ2) is 6.60. The van der Waals surface area contributed by atoms with Gasteiger partial charge in [0.15, 0.2) is 0 Å². The molecule has 0 aliphatic carbocycles. The lowest BCUT2D eigenvalue weighted by molar-refractivity contribution is 0.0713. The average Bonchev–Trinajstić information content (AvgIpc) is 2.61. The average molecular weight is 349 g/mol. The van der Waals surface area contributed by atoms with Gasteiger partial charge in [-0.3, -0.25) is 14.2 Å². The molecular weight excluding hydrogens is 332 g/mol. The predicted molar refractivity (Wildman–Crippen MR) is 89.8 cm³/mol. The molecule has 3 rings (SSSR count). The molecule has 8 heteroatoms. The van der Waals surface area contributed by atoms with Crippen LogP contribution in [0.15, 0.2) is 33.9 Å². The van der Waals surface area contributed by atoms with Gasteiger partial charge in [-0.2, -0.15) is 9.78 Å². The summed E-state index contributed by atoms with van der Waals surface area (Å²) in [6, 6.07) is 6.44. The molecule has 1 aliphatic rings. The van der Waals surface area contributed by atoms with Gasteiger partial charge in [0.2, 0.25) is 5.69 Å². The number of rotatable bonds is 2. The Balaban J connectivity index is 2.10. The van der Waals surface area contributed by atoms with Crippen molar-refractivity contribution in [2.75, 3.05) is 13.1 Å². The van der Waals surface area contributed by atoms with Crippen LogP contribution in [0.3, 0.4) is 0 Å². The molecule has 24 heavy (non-hydrogen) atoms. The van der Waals surface area contributed by atoms with Gasteiger partial charge in [-0.15, -0.1) is 0 Å². The van der Waals surface area contributed by atoms with Crippen molar-refractivity contribution in [3.05, 3.63) is 55.8 Å². The fourth-order valence-corrected chi connectivity index (χ4v) is 2.83. The first-order chi connectivity index (χ1) is 11.5. The zero-order valence-corrected chi connectivity index (χ0v) is 14.0. The van der Waals surface area contributed by atoms with Crippen LogP contribution in [0.2, 0.25) is 5.02 Å². The number of likely N-dealkylation sites (tertiary alicyclic amines) is 1. The summed E-state index contributed by atoms with van der Waals surface area (Å²) >= 11 is 5.85. The zero-order valence-electron chi connectivity index (χ0n) is 13.2. The van der Waals surface area contributed by atoms with Gasteiger partial charge >= 0.3 is 5.69 Å². The Hall–Kier alpha value is -2.41. The van der Waals surface area contributed by atoms with E-state index in [1.165, 1.54) is 7.05 Å². The number of aromatic nitrogens is 3. The van der Waals surface area contributed by atoms with E-state index in [2.05, 4.69) is 5.10 Å². The van der Waals surface area contributed by atoms with Gasteiger partial charge in [0.05, 0.1) is 5.69 Å². The summed E-state index contributed by atoms with van der Waals surface area (Å²) in [4.78, 5) is 38.9. The molecular formula is C16H17ClN4O3. The van der Waals surface area contributed by atoms with Crippen molar-refractivity contribution in [3.63, 3.8) is 0 Å². The number of amides is 1. The highest BCUT2D eigenvalue weighted by Crippen LogP contribution is 2.12. The molecule has 0 radical (unpaired) electrons. The third-order valence-corrected chi connectivity index (χ3v) is 4.34. The zero-order chi connectivity index (χ0) is 17.3. The molecule has 0 spiro atoms. The number of carbonyl (C=O) groups is 1. The first-order valence-electron chi connectivity index (χ1n) is 7.74. The number of piperidine rings is 1. The van der Waals surface area contributed by atoms with Crippen molar-refractivity contribution >= 4 is 17.5 Å². The second-order valence-corrected chi connectivity index (χ2v) is 6.17. The topological polar surface area (TPSA) is 77.2 Å². The van der Waals surface area contributed by atoms with E-state index in [0.29, 0.717) is 23.8 Å². The minimum absolute atomic E-state index is 0.242. The largest absolute Gasteiger partial charge is 0.351 e. The summed E-state index contributed by atoms with van der Waals surface area (Å²) in [6.07, 6.45) is 2.88. The maximum atomic E-state index is 12.6. The Bertz CT molecular complexity index is 880. The van der Waals surface area contributed by atoms with Crippen LogP contribution >= 0.6 is 11.6 Å². The molecule has 0 atom stereocenters. The van der Waals surface area contributed by atoms with Crippen molar-refractivity contribution in [1.29, 1.82) is 0 Å². The maximum absolute atomic E-state index is 12.6. The third kappa shape index (κ3) is 2.99. The molecule has 1 aliphatic heterocycles. The van der Waals surface area contributed by atoms with E-state index in [1.807, 2.05) is 0 Å². The highest BCUT2D eigenvalue weighted by atomic mass is 35.5. The lowest BCUT2D eigenvalue weighted by Crippen LogP contribution is -2.46. The first kappa shape index (κ1) is 16.4. The summed E-state index contributed by atoms with van der Waals surface area (Å²) in [5, 5.41) is 4.56. The quantitative estimate of drug-likeness (QED) is 0.817. The standard InChI is InChI=1S/C16H17ClN4O3/c1-19-14(22)13(15(23)20-9-3-2-4-10-20)18-21(16(19)24)12-7-5-11(17)6-8-12/h5-8H,2-4,9-10H2,1H3. The van der Waals surface area contributed by atoms with Crippen LogP contribution in [0.4, 0.5) is 0 Å². The molecule has 126 valence electrons. The van der Waals surface area contributed by atoms with Crippen LogP contribution in [0, 0.1) is 0 Å². The summed E-state index contributed by atoms with van der Waals surface area (Å²) in [5.74, 6) is -0.432. The molecule has 7 nitrogen and oxygen atoms in total. The summed E-state index contributed by atoms with van der Waals surface area (Å²) in [7, 11) is 1.34. The van der Waals surface area contributed by atoms with Gasteiger partial charge in [-0.25, -0.2) is 4.79 Å². The van der Waals surface area contributed by atoms with Crippen LogP contribution in [-0.4, -0.2) is 38.2 Å². The van der Waals surface area contributed by atoms with Gasteiger partial charge in [-0.05, 0) is 43.5 Å². The van der Waals surface area contributed by atoms with E-state index in [1.54, 1.807) is 29.2 Å². The molecule has 0 unspecified atom stereocenters. The van der Waals surface area contributed by atoms with Gasteiger partial charge in [0.1, 0.15) is 0 Å². The van der Waals surface area contributed by atoms with Crippen LogP contribution < -0.4 is 11.2 Å². The third-order valence-electron chi connectivity index (χ3n) is 4.09. The van der Waals surface area contributed by atoms with Crippen LogP contribution in [-0.2, 0) is 7.05 Å². The van der Waals surface area contributed by atoms with E-state index in [-0.39, 0.29) is 5.69 Å². The summed E-state index contributed by atoms with van der Waals surface area (Å²) in [6.45, 7) is 1.20. The Morgan fingerprint density at radius 2 is 1.71 bits per heavy atom. The monoisotopic (exact) mass is 348 g/mol. The molecule has 1 amide bonds. The van der Waals surface area contributed by atoms with Crippen molar-refractivity contribution in [2.45, 2.75) is 19.3 Å². The maximum Gasteiger partial charge on any atom is 0.351 e. The Morgan fingerprint density at radius 3 is 2.33 bits per heavy atom. The van der Waals surface area contributed by atoms with Crippen molar-refractivity contribution < 1.29 is 4.79 Å². The minimum atomic E-state index is -0.680. The van der Waals surface area contributed by atoms with E-state index in [9.17, 15) is 14.4 Å². The molecule has 2 heterocycles. The second-order valence-electron chi connectivity index (χ2n) is 5.74. The fourth-order valence-electron chi connectivity index (χ4n) is 2.70. The van der Waals surface area contributed by atoms with E-state index >= 15 is 0 Å². The molecule has 1 saturated heterocycles. The SMILES string of the molecule is Cn1c(=O)c(C(=O)N2CCCCC2)nn(-c2ccc(Cl)cc2)c1=O. The van der Waals surface area contributed by atoms with E-state index in [0.717, 1.165) is 28.5 Å². The Morgan fingerprint density at radius 1 is 1.08 bits per heavy atom. The molecule has 2 aromatic rings. The normalized spacial score (nSPS) is 14.7. The van der Waals surface area contributed by atoms with Crippen LogP contribution in [0.25, 0.3) is 5.69 Å². The Kier molecular flexibility index (Phi) is 4.53. The van der Waals surface area contributed by atoms with Crippen LogP contribution in [0.1, 0.15) is 29.8 Å². The summed E-state index contributed by atoms with van der Waals surface area (Å²) in [5.41, 5.74) is -1.10. The van der Waals surface area contributed by atoms with Gasteiger partial charge in [-0.1, -0.05) is 11.6 Å². The summed E-state index contributed by atoms with van der Waals surface area (Å²) < 4.78 is 1.95. The number of hydrogen-bond acceptors (Lipinski definition) is 4. The minimum Gasteiger partial charge on any atom is -0.337 e. The Labute approximate surface area is 143 Å². The molecule has 0 bridgehead atoms. The van der Waals surface area contributed by atoms with E-state index < -0.39 is 17.2 Å². The molecule has 1 aromatic carbocycles. The van der Waals surface area contributed by atoms with Crippen molar-refractivity contribution in [2.24, 2.45) is 7.05 Å². The van der Waals surface area contributed by atoms with Crippen molar-refractivity contribution in [1.82, 2.24) is 19.2 Å². The number of benzene rings is 1. The van der Waals surface area contributed by atoms with Crippen molar-refractivity contribution in [3.8, 4) is 5.69 Å². The number of hydrogen-bond donors (Lipinski definition) is 0. The first-order valence-corrected chi connectivity index (χ1v) is 8.12. The van der Waals surface area contributed by atoms with Gasteiger partial charge in [0, 0.05) is 25.2 Å². The lowest BCUT2D eigenvalue weighted by Gasteiger charge is -2.26.